The van der Waals surface area contributed by atoms with Crippen molar-refractivity contribution in [2.24, 2.45) is 0 Å². The zero-order valence-corrected chi connectivity index (χ0v) is 28.2. The predicted octanol–water partition coefficient (Wildman–Crippen LogP) is 10.7. The van der Waals surface area contributed by atoms with Gasteiger partial charge in [0.25, 0.3) is 0 Å². The van der Waals surface area contributed by atoms with Gasteiger partial charge in [0.15, 0.2) is 5.75 Å². The zero-order valence-electron chi connectivity index (χ0n) is 28.2. The van der Waals surface area contributed by atoms with Gasteiger partial charge in [-0.05, 0) is 54.7 Å². The van der Waals surface area contributed by atoms with Crippen molar-refractivity contribution in [3.8, 4) is 5.75 Å². The van der Waals surface area contributed by atoms with Crippen molar-refractivity contribution >= 4 is 5.69 Å². The molecule has 0 saturated heterocycles. The summed E-state index contributed by atoms with van der Waals surface area (Å²) in [5, 5.41) is 0. The van der Waals surface area contributed by atoms with Gasteiger partial charge in [0, 0.05) is 11.1 Å². The minimum atomic E-state index is -0.0953. The average Bonchev–Trinajstić information content (AvgIpc) is 2.66. The van der Waals surface area contributed by atoms with Crippen LogP contribution < -0.4 is 10.3 Å². The Bertz CT molecular complexity index is 977. The first-order valence-electron chi connectivity index (χ1n) is 14.4. The number of nitrogens with zero attached hydrogens (tertiary/aromatic N) is 1. The van der Waals surface area contributed by atoms with Gasteiger partial charge in [-0.15, -0.1) is 0 Å². The molecule has 0 unspecified atom stereocenters. The van der Waals surface area contributed by atoms with Gasteiger partial charge in [0.2, 0.25) is 0 Å². The lowest BCUT2D eigenvalue weighted by Crippen LogP contribution is -2.27. The Labute approximate surface area is 236 Å². The highest BCUT2D eigenvalue weighted by atomic mass is 16.6. The topological polar surface area (TPSA) is 23.3 Å². The Morgan fingerprint density at radius 1 is 0.395 bits per heavy atom. The highest BCUT2D eigenvalue weighted by Crippen LogP contribution is 2.45. The van der Waals surface area contributed by atoms with E-state index in [1.807, 2.05) is 0 Å². The molecule has 2 nitrogen and oxygen atoms in total. The third-order valence-corrected chi connectivity index (χ3v) is 7.39. The molecule has 0 aliphatic carbocycles. The summed E-state index contributed by atoms with van der Waals surface area (Å²) in [4.78, 5) is 6.70. The van der Waals surface area contributed by atoms with E-state index in [-0.39, 0.29) is 32.5 Å². The first-order chi connectivity index (χ1) is 16.6. The molecule has 38 heavy (non-hydrogen) atoms. The highest BCUT2D eigenvalue weighted by molar-refractivity contribution is 5.60. The summed E-state index contributed by atoms with van der Waals surface area (Å²) < 4.78 is 0. The van der Waals surface area contributed by atoms with Crippen LogP contribution in [0.5, 0.6) is 5.75 Å². The lowest BCUT2D eigenvalue weighted by atomic mass is 9.74. The van der Waals surface area contributed by atoms with Crippen molar-refractivity contribution in [3.63, 3.8) is 0 Å². The second-order valence-corrected chi connectivity index (χ2v) is 17.5. The van der Waals surface area contributed by atoms with E-state index in [1.54, 1.807) is 0 Å². The molecule has 0 fully saturated rings. The van der Waals surface area contributed by atoms with Crippen LogP contribution in [0.4, 0.5) is 5.69 Å². The van der Waals surface area contributed by atoms with Crippen LogP contribution in [0, 0.1) is 0 Å². The number of hydrogen-bond donors (Lipinski definition) is 0. The van der Waals surface area contributed by atoms with Crippen molar-refractivity contribution in [2.45, 2.75) is 157 Å². The quantitative estimate of drug-likeness (QED) is 0.369. The van der Waals surface area contributed by atoms with E-state index in [2.05, 4.69) is 149 Å². The van der Waals surface area contributed by atoms with E-state index in [0.29, 0.717) is 0 Å². The Hall–Kier alpha value is -1.96. The normalized spacial score (nSPS) is 14.1. The third-order valence-electron chi connectivity index (χ3n) is 7.39. The minimum Gasteiger partial charge on any atom is -0.356 e. The maximum absolute atomic E-state index is 6.70. The van der Waals surface area contributed by atoms with E-state index < -0.39 is 0 Å². The average molecular weight is 521 g/mol. The van der Waals surface area contributed by atoms with Crippen molar-refractivity contribution in [1.29, 1.82) is 0 Å². The second-order valence-electron chi connectivity index (χ2n) is 17.5. The minimum absolute atomic E-state index is 0.0390. The summed E-state index contributed by atoms with van der Waals surface area (Å²) in [5.41, 5.74) is 13.3. The lowest BCUT2D eigenvalue weighted by molar-refractivity contribution is 0.223. The molecule has 0 amide bonds. The molecule has 0 aromatic heterocycles. The molecule has 2 aromatic carbocycles. The fourth-order valence-corrected chi connectivity index (χ4v) is 4.67. The van der Waals surface area contributed by atoms with E-state index in [0.717, 1.165) is 11.4 Å². The standard InChI is InChI=1S/C36H58NO/c1-31(2,3)23-19-25(33(7,8)9)29(26(20-23)34(10,11)12)37-38-30-27(35(13,14)15)21-24(32(4,5)6)22-28(30)36(16,17)18/h19-22H,1-18H3. The maximum atomic E-state index is 6.70. The first kappa shape index (κ1) is 32.3. The van der Waals surface area contributed by atoms with Gasteiger partial charge >= 0.3 is 0 Å². The summed E-state index contributed by atoms with van der Waals surface area (Å²) in [6.45, 7) is 41.0. The van der Waals surface area contributed by atoms with Gasteiger partial charge in [0.05, 0.1) is 0 Å². The Morgan fingerprint density at radius 2 is 0.658 bits per heavy atom. The number of hydrogen-bond acceptors (Lipinski definition) is 1. The third kappa shape index (κ3) is 7.36. The molecule has 0 aliphatic heterocycles. The van der Waals surface area contributed by atoms with Crippen LogP contribution in [-0.4, -0.2) is 0 Å². The van der Waals surface area contributed by atoms with Crippen molar-refractivity contribution in [3.05, 3.63) is 57.6 Å². The van der Waals surface area contributed by atoms with Crippen LogP contribution in [0.2, 0.25) is 0 Å². The van der Waals surface area contributed by atoms with E-state index >= 15 is 0 Å². The first-order valence-corrected chi connectivity index (χ1v) is 14.4. The number of rotatable bonds is 3. The predicted molar refractivity (Wildman–Crippen MR) is 168 cm³/mol. The summed E-state index contributed by atoms with van der Waals surface area (Å²) in [5.74, 6) is 0.901. The maximum Gasteiger partial charge on any atom is 0.165 e. The van der Waals surface area contributed by atoms with Gasteiger partial charge in [-0.25, -0.2) is 0 Å². The van der Waals surface area contributed by atoms with Gasteiger partial charge < -0.3 is 4.84 Å². The van der Waals surface area contributed by atoms with E-state index in [4.69, 9.17) is 10.3 Å². The molecule has 0 heterocycles. The molecule has 0 aliphatic rings. The molecule has 2 heteroatoms. The molecule has 213 valence electrons. The van der Waals surface area contributed by atoms with Gasteiger partial charge in [0.1, 0.15) is 5.69 Å². The molecular formula is C36H58NO. The molecule has 0 spiro atoms. The molecule has 0 atom stereocenters. The summed E-state index contributed by atoms with van der Waals surface area (Å²) >= 11 is 0. The van der Waals surface area contributed by atoms with Crippen LogP contribution in [0.25, 0.3) is 0 Å². The fourth-order valence-electron chi connectivity index (χ4n) is 4.67. The molecule has 0 saturated carbocycles. The van der Waals surface area contributed by atoms with Crippen LogP contribution >= 0.6 is 0 Å². The van der Waals surface area contributed by atoms with Crippen LogP contribution in [-0.2, 0) is 32.5 Å². The van der Waals surface area contributed by atoms with Crippen molar-refractivity contribution in [1.82, 2.24) is 5.48 Å². The molecule has 0 bridgehead atoms. The summed E-state index contributed by atoms with van der Waals surface area (Å²) in [6.07, 6.45) is 0. The summed E-state index contributed by atoms with van der Waals surface area (Å²) in [7, 11) is 0. The second kappa shape index (κ2) is 9.90. The van der Waals surface area contributed by atoms with Crippen LogP contribution in [0.3, 0.4) is 0 Å². The molecular weight excluding hydrogens is 462 g/mol. The SMILES string of the molecule is CC(C)(C)c1cc(C(C)(C)C)c([N]Oc2c(C(C)(C)C)cc(C(C)(C)C)cc2C(C)(C)C)c(C(C)(C)C)c1. The van der Waals surface area contributed by atoms with E-state index in [1.165, 1.54) is 33.4 Å². The van der Waals surface area contributed by atoms with Crippen LogP contribution in [0.1, 0.15) is 158 Å². The lowest BCUT2D eigenvalue weighted by Gasteiger charge is -2.34. The molecule has 0 N–H and O–H groups in total. The highest BCUT2D eigenvalue weighted by Gasteiger charge is 2.34. The smallest absolute Gasteiger partial charge is 0.165 e. The Morgan fingerprint density at radius 3 is 0.895 bits per heavy atom. The van der Waals surface area contributed by atoms with Crippen molar-refractivity contribution in [2.75, 3.05) is 0 Å². The Balaban J connectivity index is 2.90. The molecule has 2 rings (SSSR count). The molecule has 2 aromatic rings. The van der Waals surface area contributed by atoms with Crippen molar-refractivity contribution < 1.29 is 4.84 Å². The van der Waals surface area contributed by atoms with Gasteiger partial charge in [-0.1, -0.05) is 154 Å². The zero-order chi connectivity index (χ0) is 29.9. The Kier molecular flexibility index (Phi) is 8.40. The molecule has 1 radical (unpaired) electrons. The number of benzene rings is 2. The van der Waals surface area contributed by atoms with Crippen LogP contribution in [0.15, 0.2) is 24.3 Å². The largest absolute Gasteiger partial charge is 0.356 e. The van der Waals surface area contributed by atoms with E-state index in [9.17, 15) is 0 Å². The monoisotopic (exact) mass is 520 g/mol. The van der Waals surface area contributed by atoms with Gasteiger partial charge in [-0.3, -0.25) is 0 Å². The fraction of sp³-hybridized carbons (Fsp3) is 0.667. The van der Waals surface area contributed by atoms with Gasteiger partial charge in [-0.2, -0.15) is 0 Å². The summed E-state index contributed by atoms with van der Waals surface area (Å²) in [6, 6.07) is 9.40.